The molecule has 1 heterocycles. The lowest BCUT2D eigenvalue weighted by atomic mass is 9.94. The second-order valence-corrected chi connectivity index (χ2v) is 12.5. The highest BCUT2D eigenvalue weighted by atomic mass is 16.3. The van der Waals surface area contributed by atoms with Gasteiger partial charge in [-0.25, -0.2) is 0 Å². The molecule has 10 rings (SSSR count). The third-order valence-corrected chi connectivity index (χ3v) is 9.80. The Morgan fingerprint density at radius 3 is 1.48 bits per heavy atom. The van der Waals surface area contributed by atoms with E-state index < -0.39 is 0 Å². The first kappa shape index (κ1) is 26.8. The lowest BCUT2D eigenvalue weighted by Crippen LogP contribution is -2.09. The Morgan fingerprint density at radius 2 is 0.812 bits per heavy atom. The van der Waals surface area contributed by atoms with Crippen LogP contribution in [0.4, 0.5) is 17.1 Å². The van der Waals surface area contributed by atoms with Crippen LogP contribution >= 0.6 is 0 Å². The number of anilines is 3. The van der Waals surface area contributed by atoms with Gasteiger partial charge in [-0.15, -0.1) is 0 Å². The zero-order chi connectivity index (χ0) is 31.6. The van der Waals surface area contributed by atoms with E-state index in [9.17, 15) is 0 Å². The van der Waals surface area contributed by atoms with Crippen LogP contribution in [0.2, 0.25) is 0 Å². The normalized spacial score (nSPS) is 11.8. The number of benzene rings is 9. The highest BCUT2D eigenvalue weighted by molar-refractivity contribution is 6.26. The molecule has 0 bridgehead atoms. The minimum atomic E-state index is 0.883. The fourth-order valence-corrected chi connectivity index (χ4v) is 7.68. The van der Waals surface area contributed by atoms with Crippen LogP contribution in [0.1, 0.15) is 0 Å². The van der Waals surface area contributed by atoms with Gasteiger partial charge in [-0.1, -0.05) is 127 Å². The minimum absolute atomic E-state index is 0.883. The van der Waals surface area contributed by atoms with Gasteiger partial charge in [0.05, 0.1) is 0 Å². The summed E-state index contributed by atoms with van der Waals surface area (Å²) in [6.45, 7) is 0. The maximum atomic E-state index is 6.60. The van der Waals surface area contributed by atoms with E-state index in [0.717, 1.165) is 39.0 Å². The number of hydrogen-bond acceptors (Lipinski definition) is 2. The van der Waals surface area contributed by atoms with Gasteiger partial charge in [0.25, 0.3) is 0 Å². The van der Waals surface area contributed by atoms with Crippen molar-refractivity contribution in [3.05, 3.63) is 176 Å². The van der Waals surface area contributed by atoms with E-state index in [0.29, 0.717) is 0 Å². The zero-order valence-electron chi connectivity index (χ0n) is 26.1. The second kappa shape index (κ2) is 10.6. The molecule has 224 valence electrons. The van der Waals surface area contributed by atoms with Crippen LogP contribution < -0.4 is 4.90 Å². The fourth-order valence-electron chi connectivity index (χ4n) is 7.68. The Hall–Kier alpha value is -6.38. The molecule has 2 heteroatoms. The molecule has 0 unspecified atom stereocenters. The largest absolute Gasteiger partial charge is 0.456 e. The molecule has 10 aromatic rings. The molecule has 0 aliphatic carbocycles. The number of hydrogen-bond donors (Lipinski definition) is 0. The summed E-state index contributed by atoms with van der Waals surface area (Å²) in [6, 6.07) is 63.2. The first-order valence-electron chi connectivity index (χ1n) is 16.4. The van der Waals surface area contributed by atoms with Crippen molar-refractivity contribution in [2.24, 2.45) is 0 Å². The number of nitrogens with zero attached hydrogens (tertiary/aromatic N) is 1. The van der Waals surface area contributed by atoms with Crippen molar-refractivity contribution in [2.45, 2.75) is 0 Å². The van der Waals surface area contributed by atoms with Gasteiger partial charge < -0.3 is 9.32 Å². The van der Waals surface area contributed by atoms with Crippen LogP contribution in [0.5, 0.6) is 0 Å². The van der Waals surface area contributed by atoms with E-state index in [2.05, 4.69) is 181 Å². The van der Waals surface area contributed by atoms with E-state index >= 15 is 0 Å². The molecular formula is C46H29NO. The molecule has 0 aliphatic heterocycles. The quantitative estimate of drug-likeness (QED) is 0.184. The summed E-state index contributed by atoms with van der Waals surface area (Å²) in [4.78, 5) is 2.36. The molecule has 0 atom stereocenters. The van der Waals surface area contributed by atoms with Crippen LogP contribution in [0, 0.1) is 0 Å². The molecule has 0 aliphatic rings. The Balaban J connectivity index is 1.23. The lowest BCUT2D eigenvalue weighted by Gasteiger charge is -2.26. The summed E-state index contributed by atoms with van der Waals surface area (Å²) in [6.07, 6.45) is 0. The van der Waals surface area contributed by atoms with E-state index in [-0.39, 0.29) is 0 Å². The van der Waals surface area contributed by atoms with Crippen molar-refractivity contribution in [3.63, 3.8) is 0 Å². The van der Waals surface area contributed by atoms with Crippen LogP contribution in [0.3, 0.4) is 0 Å². The third kappa shape index (κ3) is 4.06. The highest BCUT2D eigenvalue weighted by Crippen LogP contribution is 2.44. The second-order valence-electron chi connectivity index (χ2n) is 12.5. The van der Waals surface area contributed by atoms with Crippen LogP contribution in [-0.4, -0.2) is 0 Å². The summed E-state index contributed by atoms with van der Waals surface area (Å²) in [5.74, 6) is 0. The van der Waals surface area contributed by atoms with Gasteiger partial charge in [-0.2, -0.15) is 0 Å². The average molecular weight is 612 g/mol. The molecule has 0 saturated heterocycles. The third-order valence-electron chi connectivity index (χ3n) is 9.80. The Morgan fingerprint density at radius 1 is 0.312 bits per heavy atom. The van der Waals surface area contributed by atoms with Gasteiger partial charge in [0.2, 0.25) is 0 Å². The van der Waals surface area contributed by atoms with Gasteiger partial charge in [0.1, 0.15) is 11.2 Å². The van der Waals surface area contributed by atoms with E-state index in [1.54, 1.807) is 0 Å². The molecule has 2 nitrogen and oxygen atoms in total. The molecule has 0 N–H and O–H groups in total. The summed E-state index contributed by atoms with van der Waals surface area (Å²) in [7, 11) is 0. The molecule has 0 amide bonds. The monoisotopic (exact) mass is 611 g/mol. The zero-order valence-corrected chi connectivity index (χ0v) is 26.1. The first-order valence-corrected chi connectivity index (χ1v) is 16.4. The van der Waals surface area contributed by atoms with E-state index in [4.69, 9.17) is 4.42 Å². The van der Waals surface area contributed by atoms with E-state index in [1.165, 1.54) is 54.2 Å². The van der Waals surface area contributed by atoms with Gasteiger partial charge in [0.15, 0.2) is 0 Å². The number of furan rings is 1. The maximum Gasteiger partial charge on any atom is 0.136 e. The topological polar surface area (TPSA) is 16.4 Å². The molecule has 0 radical (unpaired) electrons. The lowest BCUT2D eigenvalue weighted by molar-refractivity contribution is 0.669. The smallest absolute Gasteiger partial charge is 0.136 e. The molecule has 0 saturated carbocycles. The van der Waals surface area contributed by atoms with E-state index in [1.807, 2.05) is 0 Å². The Bertz CT molecular complexity index is 2800. The van der Waals surface area contributed by atoms with Crippen molar-refractivity contribution in [1.29, 1.82) is 0 Å². The van der Waals surface area contributed by atoms with Crippen LogP contribution in [-0.2, 0) is 0 Å². The van der Waals surface area contributed by atoms with Crippen molar-refractivity contribution in [1.82, 2.24) is 0 Å². The number of para-hydroxylation sites is 1. The molecule has 0 spiro atoms. The molecule has 0 fully saturated rings. The predicted octanol–water partition coefficient (Wildman–Crippen LogP) is 13.3. The Labute approximate surface area is 277 Å². The average Bonchev–Trinajstić information content (AvgIpc) is 3.54. The van der Waals surface area contributed by atoms with Crippen molar-refractivity contribution in [3.8, 4) is 11.1 Å². The predicted molar refractivity (Wildman–Crippen MR) is 204 cm³/mol. The molecule has 1 aromatic heterocycles. The molecular weight excluding hydrogens is 583 g/mol. The number of rotatable bonds is 4. The van der Waals surface area contributed by atoms with Gasteiger partial charge in [0, 0.05) is 27.8 Å². The maximum absolute atomic E-state index is 6.60. The van der Waals surface area contributed by atoms with Gasteiger partial charge >= 0.3 is 0 Å². The highest BCUT2D eigenvalue weighted by Gasteiger charge is 2.19. The summed E-state index contributed by atoms with van der Waals surface area (Å²) < 4.78 is 6.60. The summed E-state index contributed by atoms with van der Waals surface area (Å²) in [5, 5.41) is 12.3. The standard InChI is InChI=1S/C46H29NO/c1-3-13-30(14-4-1)41-29-45-46(40-22-12-11-21-38(40)41)43-28-33(24-26-44(43)48-45)47(31-15-5-2-6-16-31)32-23-25-39-36-19-8-7-17-34(36)35-18-9-10-20-37(35)42(39)27-32/h1-29H. The summed E-state index contributed by atoms with van der Waals surface area (Å²) in [5.41, 5.74) is 7.44. The van der Waals surface area contributed by atoms with Crippen LogP contribution in [0.15, 0.2) is 180 Å². The van der Waals surface area contributed by atoms with Crippen molar-refractivity contribution >= 4 is 82.1 Å². The SMILES string of the molecule is c1ccc(-c2cc3oc4ccc(N(c5ccccc5)c5ccc6c7ccccc7c7ccccc7c6c5)cc4c3c3ccccc23)cc1. The van der Waals surface area contributed by atoms with Gasteiger partial charge in [-0.05, 0) is 103 Å². The first-order chi connectivity index (χ1) is 23.8. The summed E-state index contributed by atoms with van der Waals surface area (Å²) >= 11 is 0. The fraction of sp³-hybridized carbons (Fsp3) is 0. The number of fused-ring (bicyclic) bond motifs is 11. The van der Waals surface area contributed by atoms with Crippen molar-refractivity contribution < 1.29 is 4.42 Å². The minimum Gasteiger partial charge on any atom is -0.456 e. The van der Waals surface area contributed by atoms with Crippen LogP contribution in [0.25, 0.3) is 76.2 Å². The molecule has 9 aromatic carbocycles. The Kier molecular flexibility index (Phi) is 5.91. The van der Waals surface area contributed by atoms with Gasteiger partial charge in [-0.3, -0.25) is 0 Å². The molecule has 48 heavy (non-hydrogen) atoms. The van der Waals surface area contributed by atoms with Crippen molar-refractivity contribution in [2.75, 3.05) is 4.90 Å².